The molecule has 76 valence electrons. The molecule has 0 saturated heterocycles. The summed E-state index contributed by atoms with van der Waals surface area (Å²) in [7, 11) is 0. The average Bonchev–Trinajstić information content (AvgIpc) is 2.02. The Hall–Kier alpha value is -0.300. The number of hydrogen-bond donors (Lipinski definition) is 1. The highest BCUT2D eigenvalue weighted by molar-refractivity contribution is 4.93. The number of nitrogens with one attached hydrogen (secondary N) is 1. The summed E-state index contributed by atoms with van der Waals surface area (Å²) in [6, 6.07) is 0.730. The summed E-state index contributed by atoms with van der Waals surface area (Å²) in [5.41, 5.74) is 1.24. The monoisotopic (exact) mass is 181 g/mol. The molecule has 1 N–H and O–H groups in total. The zero-order chi connectivity index (χ0) is 9.84. The van der Waals surface area contributed by atoms with Crippen LogP contribution in [0.1, 0.15) is 40.0 Å². The van der Waals surface area contributed by atoms with Crippen molar-refractivity contribution >= 4 is 0 Å². The van der Waals surface area contributed by atoms with Gasteiger partial charge in [0.25, 0.3) is 0 Å². The van der Waals surface area contributed by atoms with Gasteiger partial charge in [-0.25, -0.2) is 0 Å². The van der Waals surface area contributed by atoms with Crippen LogP contribution in [0.4, 0.5) is 0 Å². The van der Waals surface area contributed by atoms with E-state index in [-0.39, 0.29) is 0 Å². The van der Waals surface area contributed by atoms with E-state index in [9.17, 15) is 0 Å². The highest BCUT2D eigenvalue weighted by atomic mass is 14.9. The predicted octanol–water partition coefficient (Wildman–Crippen LogP) is 2.98. The molecule has 13 heavy (non-hydrogen) atoms. The predicted molar refractivity (Wildman–Crippen MR) is 58.8 cm³/mol. The maximum atomic E-state index is 3.92. The quantitative estimate of drug-likeness (QED) is 0.660. The second-order valence-electron chi connectivity index (χ2n) is 4.84. The van der Waals surface area contributed by atoms with E-state index < -0.39 is 0 Å². The highest BCUT2D eigenvalue weighted by Gasteiger charge is 2.24. The van der Waals surface area contributed by atoms with Crippen LogP contribution in [0.2, 0.25) is 0 Å². The maximum absolute atomic E-state index is 3.92. The van der Waals surface area contributed by atoms with Crippen molar-refractivity contribution in [3.05, 3.63) is 12.2 Å². The average molecular weight is 181 g/mol. The van der Waals surface area contributed by atoms with Gasteiger partial charge in [-0.15, -0.1) is 0 Å². The summed E-state index contributed by atoms with van der Waals surface area (Å²) in [6.07, 6.45) is 4.11. The van der Waals surface area contributed by atoms with Crippen molar-refractivity contribution < 1.29 is 0 Å². The third-order valence-corrected chi connectivity index (χ3v) is 3.10. The largest absolute Gasteiger partial charge is 0.310 e. The second kappa shape index (κ2) is 4.80. The Bertz CT molecular complexity index is 174. The summed E-state index contributed by atoms with van der Waals surface area (Å²) < 4.78 is 0. The summed E-state index contributed by atoms with van der Waals surface area (Å²) in [5, 5.41) is 3.59. The van der Waals surface area contributed by atoms with Crippen LogP contribution in [0.5, 0.6) is 0 Å². The topological polar surface area (TPSA) is 12.0 Å². The Kier molecular flexibility index (Phi) is 3.98. The molecule has 1 aliphatic rings. The molecule has 0 amide bonds. The van der Waals surface area contributed by atoms with E-state index in [1.54, 1.807) is 0 Å². The molecule has 1 rings (SSSR count). The van der Waals surface area contributed by atoms with E-state index in [1.807, 2.05) is 0 Å². The fourth-order valence-corrected chi connectivity index (χ4v) is 2.27. The minimum absolute atomic E-state index is 0.730. The number of hydrogen-bond acceptors (Lipinski definition) is 1. The zero-order valence-electron chi connectivity index (χ0n) is 9.27. The molecule has 0 bridgehead atoms. The SMILES string of the molecule is C=C(C)CNC1CCC(C)CC1C. The molecule has 0 heterocycles. The Morgan fingerprint density at radius 1 is 1.38 bits per heavy atom. The van der Waals surface area contributed by atoms with Crippen molar-refractivity contribution in [1.29, 1.82) is 0 Å². The Labute approximate surface area is 82.6 Å². The Morgan fingerprint density at radius 3 is 2.62 bits per heavy atom. The third-order valence-electron chi connectivity index (χ3n) is 3.10. The van der Waals surface area contributed by atoms with Gasteiger partial charge in [0.05, 0.1) is 0 Å². The molecule has 1 fully saturated rings. The molecule has 3 atom stereocenters. The van der Waals surface area contributed by atoms with Crippen LogP contribution < -0.4 is 5.32 Å². The summed E-state index contributed by atoms with van der Waals surface area (Å²) in [4.78, 5) is 0. The lowest BCUT2D eigenvalue weighted by Crippen LogP contribution is -2.39. The zero-order valence-corrected chi connectivity index (χ0v) is 9.27. The molecule has 0 aromatic carbocycles. The van der Waals surface area contributed by atoms with E-state index in [4.69, 9.17) is 0 Å². The van der Waals surface area contributed by atoms with Crippen molar-refractivity contribution in [3.8, 4) is 0 Å². The molecule has 0 radical (unpaired) electrons. The van der Waals surface area contributed by atoms with Crippen LogP contribution in [0, 0.1) is 11.8 Å². The first kappa shape index (κ1) is 10.8. The van der Waals surface area contributed by atoms with Gasteiger partial charge in [0.2, 0.25) is 0 Å². The molecular weight excluding hydrogens is 158 g/mol. The van der Waals surface area contributed by atoms with Crippen molar-refractivity contribution in [2.45, 2.75) is 46.1 Å². The van der Waals surface area contributed by atoms with Crippen molar-refractivity contribution in [2.24, 2.45) is 11.8 Å². The van der Waals surface area contributed by atoms with Crippen LogP contribution in [-0.2, 0) is 0 Å². The van der Waals surface area contributed by atoms with Gasteiger partial charge in [-0.3, -0.25) is 0 Å². The van der Waals surface area contributed by atoms with Crippen molar-refractivity contribution in [1.82, 2.24) is 5.32 Å². The minimum atomic E-state index is 0.730. The minimum Gasteiger partial charge on any atom is -0.310 e. The standard InChI is InChI=1S/C12H23N/c1-9(2)8-13-12-6-5-10(3)7-11(12)4/h10-13H,1,5-8H2,2-4H3. The van der Waals surface area contributed by atoms with E-state index in [0.29, 0.717) is 0 Å². The van der Waals surface area contributed by atoms with Gasteiger partial charge in [0.1, 0.15) is 0 Å². The Balaban J connectivity index is 2.29. The van der Waals surface area contributed by atoms with Gasteiger partial charge in [0, 0.05) is 12.6 Å². The summed E-state index contributed by atoms with van der Waals surface area (Å²) >= 11 is 0. The molecule has 1 saturated carbocycles. The molecule has 1 nitrogen and oxygen atoms in total. The summed E-state index contributed by atoms with van der Waals surface area (Å²) in [6.45, 7) is 11.7. The molecule has 0 aromatic rings. The van der Waals surface area contributed by atoms with Crippen LogP contribution in [0.25, 0.3) is 0 Å². The second-order valence-corrected chi connectivity index (χ2v) is 4.84. The molecule has 0 spiro atoms. The lowest BCUT2D eigenvalue weighted by atomic mass is 9.80. The van der Waals surface area contributed by atoms with Gasteiger partial charge in [0.15, 0.2) is 0 Å². The lowest BCUT2D eigenvalue weighted by Gasteiger charge is -2.33. The molecule has 3 unspecified atom stereocenters. The van der Waals surface area contributed by atoms with Crippen LogP contribution in [0.3, 0.4) is 0 Å². The number of rotatable bonds is 3. The first-order valence-electron chi connectivity index (χ1n) is 5.47. The first-order valence-corrected chi connectivity index (χ1v) is 5.47. The van der Waals surface area contributed by atoms with E-state index in [2.05, 4.69) is 32.7 Å². The van der Waals surface area contributed by atoms with E-state index in [1.165, 1.54) is 24.8 Å². The molecule has 0 aliphatic heterocycles. The third kappa shape index (κ3) is 3.51. The van der Waals surface area contributed by atoms with Gasteiger partial charge in [-0.2, -0.15) is 0 Å². The van der Waals surface area contributed by atoms with Crippen molar-refractivity contribution in [2.75, 3.05) is 6.54 Å². The van der Waals surface area contributed by atoms with Gasteiger partial charge >= 0.3 is 0 Å². The first-order chi connectivity index (χ1) is 6.09. The molecule has 1 aliphatic carbocycles. The van der Waals surface area contributed by atoms with Gasteiger partial charge in [-0.05, 0) is 38.0 Å². The van der Waals surface area contributed by atoms with Crippen molar-refractivity contribution in [3.63, 3.8) is 0 Å². The fourth-order valence-electron chi connectivity index (χ4n) is 2.27. The molecule has 1 heteroatoms. The van der Waals surface area contributed by atoms with Gasteiger partial charge < -0.3 is 5.32 Å². The lowest BCUT2D eigenvalue weighted by molar-refractivity contribution is 0.232. The normalized spacial score (nSPS) is 34.5. The van der Waals surface area contributed by atoms with Gasteiger partial charge in [-0.1, -0.05) is 26.0 Å². The van der Waals surface area contributed by atoms with E-state index in [0.717, 1.165) is 24.4 Å². The highest BCUT2D eigenvalue weighted by Crippen LogP contribution is 2.28. The van der Waals surface area contributed by atoms with Crippen LogP contribution >= 0.6 is 0 Å². The molecular formula is C12H23N. The molecule has 0 aromatic heterocycles. The van der Waals surface area contributed by atoms with Crippen LogP contribution in [0.15, 0.2) is 12.2 Å². The summed E-state index contributed by atoms with van der Waals surface area (Å²) in [5.74, 6) is 1.76. The van der Waals surface area contributed by atoms with Crippen LogP contribution in [-0.4, -0.2) is 12.6 Å². The van der Waals surface area contributed by atoms with E-state index >= 15 is 0 Å². The fraction of sp³-hybridized carbons (Fsp3) is 0.833. The Morgan fingerprint density at radius 2 is 2.08 bits per heavy atom. The maximum Gasteiger partial charge on any atom is 0.0161 e. The smallest absolute Gasteiger partial charge is 0.0161 e.